The first-order valence-electron chi connectivity index (χ1n) is 6.56. The summed E-state index contributed by atoms with van der Waals surface area (Å²) in [5, 5.41) is 4.36. The predicted molar refractivity (Wildman–Crippen MR) is 89.7 cm³/mol. The van der Waals surface area contributed by atoms with Gasteiger partial charge in [0.05, 0.1) is 35.6 Å². The van der Waals surface area contributed by atoms with E-state index >= 15 is 0 Å². The Morgan fingerprint density at radius 3 is 2.67 bits per heavy atom. The fraction of sp³-hybridized carbons (Fsp3) is 0.357. The maximum absolute atomic E-state index is 5.76. The number of benzene rings is 1. The molecule has 2 rings (SSSR count). The highest BCUT2D eigenvalue weighted by Crippen LogP contribution is 2.26. The molecular formula is C14H18Br2N4O. The van der Waals surface area contributed by atoms with Crippen LogP contribution in [0.5, 0.6) is 0 Å². The van der Waals surface area contributed by atoms with Crippen LogP contribution in [0, 0.1) is 0 Å². The number of nitrogens with zero attached hydrogens (tertiary/aromatic N) is 2. The summed E-state index contributed by atoms with van der Waals surface area (Å²) < 4.78 is 9.04. The molecule has 0 radical (unpaired) electrons. The zero-order valence-corrected chi connectivity index (χ0v) is 14.9. The molecule has 1 heterocycles. The van der Waals surface area contributed by atoms with Gasteiger partial charge in [0.15, 0.2) is 0 Å². The second-order valence-corrected chi connectivity index (χ2v) is 6.41. The molecule has 0 spiro atoms. The summed E-state index contributed by atoms with van der Waals surface area (Å²) in [5.41, 5.74) is 5.11. The lowest BCUT2D eigenvalue weighted by Crippen LogP contribution is -2.32. The standard InChI is InChI=1S/C14H18Br2N4O/c1-21-7-6-20-14(12(16)9-18-20)13(19-17)8-10-2-4-11(15)5-3-10/h2-5,9,13,19H,6-8,17H2,1H3. The molecule has 114 valence electrons. The van der Waals surface area contributed by atoms with E-state index in [1.165, 1.54) is 5.56 Å². The number of rotatable bonds is 7. The molecular weight excluding hydrogens is 400 g/mol. The maximum Gasteiger partial charge on any atom is 0.0713 e. The van der Waals surface area contributed by atoms with Gasteiger partial charge in [0.1, 0.15) is 0 Å². The second kappa shape index (κ2) is 8.05. The Labute approximate surface area is 141 Å². The summed E-state index contributed by atoms with van der Waals surface area (Å²) in [6.07, 6.45) is 2.57. The lowest BCUT2D eigenvalue weighted by atomic mass is 10.0. The van der Waals surface area contributed by atoms with Crippen molar-refractivity contribution in [1.82, 2.24) is 15.2 Å². The first kappa shape index (κ1) is 16.6. The van der Waals surface area contributed by atoms with Crippen molar-refractivity contribution in [1.29, 1.82) is 0 Å². The third kappa shape index (κ3) is 4.37. The van der Waals surface area contributed by atoms with Crippen molar-refractivity contribution >= 4 is 31.9 Å². The molecule has 0 amide bonds. The lowest BCUT2D eigenvalue weighted by Gasteiger charge is -2.18. The van der Waals surface area contributed by atoms with Crippen LogP contribution in [0.15, 0.2) is 39.4 Å². The molecule has 0 saturated heterocycles. The van der Waals surface area contributed by atoms with Crippen molar-refractivity contribution in [2.45, 2.75) is 19.0 Å². The van der Waals surface area contributed by atoms with Crippen molar-refractivity contribution in [3.05, 3.63) is 50.7 Å². The summed E-state index contributed by atoms with van der Waals surface area (Å²) in [7, 11) is 1.68. The van der Waals surface area contributed by atoms with E-state index in [4.69, 9.17) is 10.6 Å². The minimum atomic E-state index is -0.0279. The van der Waals surface area contributed by atoms with Crippen molar-refractivity contribution in [2.75, 3.05) is 13.7 Å². The maximum atomic E-state index is 5.76. The molecule has 5 nitrogen and oxygen atoms in total. The smallest absolute Gasteiger partial charge is 0.0713 e. The van der Waals surface area contributed by atoms with Crippen LogP contribution < -0.4 is 11.3 Å². The fourth-order valence-electron chi connectivity index (χ4n) is 2.17. The highest BCUT2D eigenvalue weighted by molar-refractivity contribution is 9.10. The average molecular weight is 418 g/mol. The van der Waals surface area contributed by atoms with Gasteiger partial charge in [0.25, 0.3) is 0 Å². The van der Waals surface area contributed by atoms with Crippen molar-refractivity contribution in [3.8, 4) is 0 Å². The third-order valence-electron chi connectivity index (χ3n) is 3.22. The van der Waals surface area contributed by atoms with E-state index in [0.29, 0.717) is 13.2 Å². The number of aromatic nitrogens is 2. The fourth-order valence-corrected chi connectivity index (χ4v) is 3.00. The van der Waals surface area contributed by atoms with Crippen LogP contribution in [0.1, 0.15) is 17.3 Å². The normalized spacial score (nSPS) is 12.6. The van der Waals surface area contributed by atoms with Gasteiger partial charge in [0, 0.05) is 11.6 Å². The van der Waals surface area contributed by atoms with Gasteiger partial charge in [-0.25, -0.2) is 0 Å². The average Bonchev–Trinajstić information content (AvgIpc) is 2.85. The molecule has 21 heavy (non-hydrogen) atoms. The highest BCUT2D eigenvalue weighted by atomic mass is 79.9. The second-order valence-electron chi connectivity index (χ2n) is 4.64. The van der Waals surface area contributed by atoms with Crippen LogP contribution in [0.4, 0.5) is 0 Å². The molecule has 0 aliphatic carbocycles. The molecule has 1 atom stereocenters. The number of hydrazine groups is 1. The van der Waals surface area contributed by atoms with Crippen LogP contribution >= 0.6 is 31.9 Å². The quantitative estimate of drug-likeness (QED) is 0.537. The number of nitrogens with one attached hydrogen (secondary N) is 1. The summed E-state index contributed by atoms with van der Waals surface area (Å²) in [6, 6.07) is 8.19. The van der Waals surface area contributed by atoms with E-state index in [-0.39, 0.29) is 6.04 Å². The van der Waals surface area contributed by atoms with Crippen LogP contribution in [-0.4, -0.2) is 23.5 Å². The molecule has 2 aromatic rings. The topological polar surface area (TPSA) is 65.1 Å². The van der Waals surface area contributed by atoms with Gasteiger partial charge in [-0.05, 0) is 40.0 Å². The minimum absolute atomic E-state index is 0.0279. The van der Waals surface area contributed by atoms with Gasteiger partial charge < -0.3 is 4.74 Å². The number of hydrogen-bond donors (Lipinski definition) is 2. The zero-order valence-electron chi connectivity index (χ0n) is 11.7. The van der Waals surface area contributed by atoms with Crippen LogP contribution in [0.2, 0.25) is 0 Å². The highest BCUT2D eigenvalue weighted by Gasteiger charge is 2.19. The zero-order chi connectivity index (χ0) is 15.2. The Balaban J connectivity index is 2.20. The summed E-state index contributed by atoms with van der Waals surface area (Å²) in [5.74, 6) is 5.76. The molecule has 1 aromatic carbocycles. The lowest BCUT2D eigenvalue weighted by molar-refractivity contribution is 0.181. The molecule has 0 fully saturated rings. The molecule has 0 bridgehead atoms. The van der Waals surface area contributed by atoms with Gasteiger partial charge in [-0.3, -0.25) is 16.0 Å². The first-order chi connectivity index (χ1) is 10.2. The van der Waals surface area contributed by atoms with Crippen LogP contribution in [-0.2, 0) is 17.7 Å². The summed E-state index contributed by atoms with van der Waals surface area (Å²) >= 11 is 6.99. The van der Waals surface area contributed by atoms with Gasteiger partial charge in [-0.15, -0.1) is 0 Å². The van der Waals surface area contributed by atoms with Crippen molar-refractivity contribution in [3.63, 3.8) is 0 Å². The van der Waals surface area contributed by atoms with E-state index in [1.807, 2.05) is 16.8 Å². The Hall–Kier alpha value is -0.730. The molecule has 1 aromatic heterocycles. The van der Waals surface area contributed by atoms with Gasteiger partial charge in [-0.1, -0.05) is 28.1 Å². The van der Waals surface area contributed by atoms with E-state index in [9.17, 15) is 0 Å². The SMILES string of the molecule is COCCn1ncc(Br)c1C(Cc1ccc(Br)cc1)NN. The Kier molecular flexibility index (Phi) is 6.38. The number of methoxy groups -OCH3 is 1. The van der Waals surface area contributed by atoms with Gasteiger partial charge in [-0.2, -0.15) is 5.10 Å². The minimum Gasteiger partial charge on any atom is -0.383 e. The van der Waals surface area contributed by atoms with E-state index < -0.39 is 0 Å². The summed E-state index contributed by atoms with van der Waals surface area (Å²) in [6.45, 7) is 1.30. The van der Waals surface area contributed by atoms with E-state index in [0.717, 1.165) is 21.1 Å². The van der Waals surface area contributed by atoms with Gasteiger partial charge >= 0.3 is 0 Å². The molecule has 1 unspecified atom stereocenters. The number of ether oxygens (including phenoxy) is 1. The summed E-state index contributed by atoms with van der Waals surface area (Å²) in [4.78, 5) is 0. The van der Waals surface area contributed by atoms with E-state index in [1.54, 1.807) is 13.3 Å². The Bertz CT molecular complexity index is 571. The number of nitrogens with two attached hydrogens (primary N) is 1. The monoisotopic (exact) mass is 416 g/mol. The Morgan fingerprint density at radius 1 is 1.33 bits per heavy atom. The van der Waals surface area contributed by atoms with Crippen molar-refractivity contribution in [2.24, 2.45) is 5.84 Å². The predicted octanol–water partition coefficient (Wildman–Crippen LogP) is 2.80. The van der Waals surface area contributed by atoms with Crippen molar-refractivity contribution < 1.29 is 4.74 Å². The first-order valence-corrected chi connectivity index (χ1v) is 8.15. The third-order valence-corrected chi connectivity index (χ3v) is 4.36. The molecule has 3 N–H and O–H groups in total. The van der Waals surface area contributed by atoms with E-state index in [2.05, 4.69) is 54.5 Å². The largest absolute Gasteiger partial charge is 0.383 e. The molecule has 7 heteroatoms. The van der Waals surface area contributed by atoms with Crippen LogP contribution in [0.25, 0.3) is 0 Å². The van der Waals surface area contributed by atoms with Gasteiger partial charge in [0.2, 0.25) is 0 Å². The number of hydrogen-bond acceptors (Lipinski definition) is 4. The molecule has 0 aliphatic rings. The van der Waals surface area contributed by atoms with Crippen LogP contribution in [0.3, 0.4) is 0 Å². The number of halogens is 2. The Morgan fingerprint density at radius 2 is 2.05 bits per heavy atom. The molecule has 0 aliphatic heterocycles. The molecule has 0 saturated carbocycles.